The Hall–Kier alpha value is -2.42. The van der Waals surface area contributed by atoms with Gasteiger partial charge in [0.25, 0.3) is 5.69 Å². The highest BCUT2D eigenvalue weighted by molar-refractivity contribution is 5.74. The fourth-order valence-corrected chi connectivity index (χ4v) is 2.07. The number of nitro benzene ring substituents is 1. The van der Waals surface area contributed by atoms with Crippen molar-refractivity contribution >= 4 is 17.8 Å². The van der Waals surface area contributed by atoms with Crippen molar-refractivity contribution in [2.45, 2.75) is 26.2 Å². The number of benzene rings is 2. The molecule has 0 heterocycles. The standard InChI is InChI=1S/C18H19NO2/c1-18(2,3)16-12-9-14(10-13-16)8-11-15-6-4-5-7-17(15)19(20)21/h4-13H,1-3H3/b11-8+. The van der Waals surface area contributed by atoms with Gasteiger partial charge in [0.15, 0.2) is 0 Å². The van der Waals surface area contributed by atoms with Crippen molar-refractivity contribution in [3.63, 3.8) is 0 Å². The number of para-hydroxylation sites is 1. The molecular weight excluding hydrogens is 262 g/mol. The van der Waals surface area contributed by atoms with Gasteiger partial charge >= 0.3 is 0 Å². The molecule has 2 aromatic carbocycles. The number of nitrogens with zero attached hydrogens (tertiary/aromatic N) is 1. The minimum Gasteiger partial charge on any atom is -0.258 e. The number of nitro groups is 1. The van der Waals surface area contributed by atoms with Crippen LogP contribution in [-0.2, 0) is 5.41 Å². The van der Waals surface area contributed by atoms with E-state index < -0.39 is 0 Å². The molecule has 0 N–H and O–H groups in total. The highest BCUT2D eigenvalue weighted by Gasteiger charge is 2.12. The summed E-state index contributed by atoms with van der Waals surface area (Å²) < 4.78 is 0. The lowest BCUT2D eigenvalue weighted by Crippen LogP contribution is -2.10. The van der Waals surface area contributed by atoms with Gasteiger partial charge in [0.05, 0.1) is 10.5 Å². The van der Waals surface area contributed by atoms with Crippen molar-refractivity contribution < 1.29 is 4.92 Å². The van der Waals surface area contributed by atoms with Crippen molar-refractivity contribution in [3.05, 3.63) is 75.3 Å². The maximum atomic E-state index is 11.0. The Morgan fingerprint density at radius 2 is 1.57 bits per heavy atom. The lowest BCUT2D eigenvalue weighted by Gasteiger charge is -2.18. The average molecular weight is 281 g/mol. The summed E-state index contributed by atoms with van der Waals surface area (Å²) in [7, 11) is 0. The van der Waals surface area contributed by atoms with Gasteiger partial charge in [-0.2, -0.15) is 0 Å². The smallest absolute Gasteiger partial charge is 0.258 e. The van der Waals surface area contributed by atoms with Crippen LogP contribution in [0.4, 0.5) is 5.69 Å². The van der Waals surface area contributed by atoms with Gasteiger partial charge in [0.2, 0.25) is 0 Å². The van der Waals surface area contributed by atoms with Crippen LogP contribution in [0.1, 0.15) is 37.5 Å². The van der Waals surface area contributed by atoms with Crippen LogP contribution in [-0.4, -0.2) is 4.92 Å². The second-order valence-corrected chi connectivity index (χ2v) is 6.02. The highest BCUT2D eigenvalue weighted by Crippen LogP contribution is 2.24. The second kappa shape index (κ2) is 5.92. The van der Waals surface area contributed by atoms with Crippen molar-refractivity contribution in [2.75, 3.05) is 0 Å². The van der Waals surface area contributed by atoms with Crippen LogP contribution in [0.3, 0.4) is 0 Å². The summed E-state index contributed by atoms with van der Waals surface area (Å²) in [6.07, 6.45) is 3.68. The first-order valence-corrected chi connectivity index (χ1v) is 6.90. The Bertz CT molecular complexity index is 664. The molecule has 0 saturated carbocycles. The first-order chi connectivity index (χ1) is 9.88. The van der Waals surface area contributed by atoms with Crippen molar-refractivity contribution in [2.24, 2.45) is 0 Å². The summed E-state index contributed by atoms with van der Waals surface area (Å²) in [6, 6.07) is 15.0. The molecule has 0 amide bonds. The quantitative estimate of drug-likeness (QED) is 0.448. The summed E-state index contributed by atoms with van der Waals surface area (Å²) in [5, 5.41) is 11.0. The molecule has 0 atom stereocenters. The van der Waals surface area contributed by atoms with E-state index >= 15 is 0 Å². The van der Waals surface area contributed by atoms with Gasteiger partial charge in [-0.25, -0.2) is 0 Å². The van der Waals surface area contributed by atoms with Crippen LogP contribution in [0, 0.1) is 10.1 Å². The lowest BCUT2D eigenvalue weighted by molar-refractivity contribution is -0.385. The monoisotopic (exact) mass is 281 g/mol. The summed E-state index contributed by atoms with van der Waals surface area (Å²) in [5.74, 6) is 0. The van der Waals surface area contributed by atoms with E-state index in [-0.39, 0.29) is 16.0 Å². The first-order valence-electron chi connectivity index (χ1n) is 6.90. The maximum absolute atomic E-state index is 11.0. The van der Waals surface area contributed by atoms with Crippen molar-refractivity contribution in [1.82, 2.24) is 0 Å². The highest BCUT2D eigenvalue weighted by atomic mass is 16.6. The SMILES string of the molecule is CC(C)(C)c1ccc(/C=C/c2ccccc2[N+](=O)[O-])cc1. The molecule has 0 bridgehead atoms. The summed E-state index contributed by atoms with van der Waals surface area (Å²) in [6.45, 7) is 6.52. The van der Waals surface area contributed by atoms with Gasteiger partial charge in [-0.05, 0) is 28.7 Å². The minimum absolute atomic E-state index is 0.125. The van der Waals surface area contributed by atoms with Crippen molar-refractivity contribution in [3.8, 4) is 0 Å². The maximum Gasteiger partial charge on any atom is 0.276 e. The Kier molecular flexibility index (Phi) is 4.22. The van der Waals surface area contributed by atoms with Gasteiger partial charge in [0.1, 0.15) is 0 Å². The lowest BCUT2D eigenvalue weighted by atomic mass is 9.87. The third-order valence-corrected chi connectivity index (χ3v) is 3.37. The fourth-order valence-electron chi connectivity index (χ4n) is 2.07. The van der Waals surface area contributed by atoms with E-state index in [1.165, 1.54) is 11.6 Å². The Balaban J connectivity index is 2.24. The minimum atomic E-state index is -0.359. The second-order valence-electron chi connectivity index (χ2n) is 6.02. The number of hydrogen-bond donors (Lipinski definition) is 0. The van der Waals surface area contributed by atoms with Gasteiger partial charge in [-0.3, -0.25) is 10.1 Å². The molecule has 2 rings (SSSR count). The summed E-state index contributed by atoms with van der Waals surface area (Å²) in [4.78, 5) is 10.6. The zero-order valence-electron chi connectivity index (χ0n) is 12.5. The predicted molar refractivity (Wildman–Crippen MR) is 87.2 cm³/mol. The van der Waals surface area contributed by atoms with Crippen LogP contribution in [0.2, 0.25) is 0 Å². The zero-order chi connectivity index (χ0) is 15.5. The zero-order valence-corrected chi connectivity index (χ0v) is 12.5. The van der Waals surface area contributed by atoms with Crippen LogP contribution in [0.15, 0.2) is 48.5 Å². The van der Waals surface area contributed by atoms with Crippen molar-refractivity contribution in [1.29, 1.82) is 0 Å². The molecule has 21 heavy (non-hydrogen) atoms. The molecule has 0 saturated heterocycles. The van der Waals surface area contributed by atoms with Gasteiger partial charge < -0.3 is 0 Å². The molecule has 0 unspecified atom stereocenters. The first kappa shape index (κ1) is 15.0. The van der Waals surface area contributed by atoms with E-state index in [4.69, 9.17) is 0 Å². The number of rotatable bonds is 3. The molecule has 0 aromatic heterocycles. The largest absolute Gasteiger partial charge is 0.276 e. The van der Waals surface area contributed by atoms with E-state index in [1.807, 2.05) is 18.2 Å². The number of hydrogen-bond acceptors (Lipinski definition) is 2. The van der Waals surface area contributed by atoms with E-state index in [2.05, 4.69) is 32.9 Å². The molecular formula is C18H19NO2. The Labute approximate surface area is 125 Å². The summed E-state index contributed by atoms with van der Waals surface area (Å²) in [5.41, 5.74) is 3.16. The Morgan fingerprint density at radius 1 is 0.952 bits per heavy atom. The molecule has 3 nitrogen and oxygen atoms in total. The fraction of sp³-hybridized carbons (Fsp3) is 0.222. The molecule has 0 radical (unpaired) electrons. The molecule has 0 aliphatic heterocycles. The predicted octanol–water partition coefficient (Wildman–Crippen LogP) is 5.06. The van der Waals surface area contributed by atoms with E-state index in [1.54, 1.807) is 24.3 Å². The molecule has 0 fully saturated rings. The van der Waals surface area contributed by atoms with E-state index in [0.29, 0.717) is 5.56 Å². The average Bonchev–Trinajstić information content (AvgIpc) is 2.45. The van der Waals surface area contributed by atoms with Crippen LogP contribution in [0.25, 0.3) is 12.2 Å². The Morgan fingerprint density at radius 3 is 2.14 bits per heavy atom. The van der Waals surface area contributed by atoms with Crippen LogP contribution >= 0.6 is 0 Å². The molecule has 0 aliphatic rings. The molecule has 0 spiro atoms. The van der Waals surface area contributed by atoms with Gasteiger partial charge in [-0.15, -0.1) is 0 Å². The summed E-state index contributed by atoms with van der Waals surface area (Å²) >= 11 is 0. The van der Waals surface area contributed by atoms with Crippen LogP contribution < -0.4 is 0 Å². The molecule has 0 aliphatic carbocycles. The topological polar surface area (TPSA) is 43.1 Å². The third-order valence-electron chi connectivity index (χ3n) is 3.37. The van der Waals surface area contributed by atoms with E-state index in [9.17, 15) is 10.1 Å². The van der Waals surface area contributed by atoms with Crippen LogP contribution in [0.5, 0.6) is 0 Å². The molecule has 3 heteroatoms. The normalized spacial score (nSPS) is 11.8. The molecule has 108 valence electrons. The van der Waals surface area contributed by atoms with E-state index in [0.717, 1.165) is 5.56 Å². The third kappa shape index (κ3) is 3.78. The van der Waals surface area contributed by atoms with Gasteiger partial charge in [-0.1, -0.05) is 63.2 Å². The molecule has 2 aromatic rings. The van der Waals surface area contributed by atoms with Gasteiger partial charge in [0, 0.05) is 6.07 Å².